The van der Waals surface area contributed by atoms with Crippen LogP contribution in [0, 0.1) is 0 Å². The largest absolute Gasteiger partial charge is 0.385 e. The number of hydrogen-bond donors (Lipinski definition) is 1. The SMILES string of the molecule is CCC[C@@](C)(O)c1ccc(C(C)(C)C)cc1. The molecule has 0 aliphatic carbocycles. The van der Waals surface area contributed by atoms with E-state index < -0.39 is 5.60 Å². The molecule has 1 atom stereocenters. The highest BCUT2D eigenvalue weighted by Crippen LogP contribution is 2.28. The van der Waals surface area contributed by atoms with Crippen molar-refractivity contribution in [3.8, 4) is 0 Å². The second kappa shape index (κ2) is 4.58. The summed E-state index contributed by atoms with van der Waals surface area (Å²) in [5, 5.41) is 10.3. The Morgan fingerprint density at radius 3 is 1.75 bits per heavy atom. The van der Waals surface area contributed by atoms with Gasteiger partial charge in [-0.25, -0.2) is 0 Å². The molecule has 0 radical (unpaired) electrons. The van der Waals surface area contributed by atoms with Gasteiger partial charge in [-0.05, 0) is 29.9 Å². The first kappa shape index (κ1) is 13.2. The van der Waals surface area contributed by atoms with Crippen molar-refractivity contribution < 1.29 is 5.11 Å². The van der Waals surface area contributed by atoms with Crippen LogP contribution < -0.4 is 0 Å². The van der Waals surface area contributed by atoms with Gasteiger partial charge in [0.25, 0.3) is 0 Å². The summed E-state index contributed by atoms with van der Waals surface area (Å²) in [6.07, 6.45) is 1.80. The molecular weight excluding hydrogens is 196 g/mol. The van der Waals surface area contributed by atoms with Crippen LogP contribution in [0.3, 0.4) is 0 Å². The Hall–Kier alpha value is -0.820. The van der Waals surface area contributed by atoms with E-state index in [0.717, 1.165) is 18.4 Å². The summed E-state index contributed by atoms with van der Waals surface area (Å²) in [7, 11) is 0. The normalized spacial score (nSPS) is 15.9. The second-order valence-corrected chi connectivity index (χ2v) is 5.85. The molecule has 1 nitrogen and oxygen atoms in total. The molecule has 16 heavy (non-hydrogen) atoms. The Kier molecular flexibility index (Phi) is 3.80. The summed E-state index contributed by atoms with van der Waals surface area (Å²) in [4.78, 5) is 0. The molecule has 0 aromatic heterocycles. The van der Waals surface area contributed by atoms with Crippen molar-refractivity contribution in [1.29, 1.82) is 0 Å². The molecule has 0 fully saturated rings. The molecule has 0 aliphatic rings. The Bertz CT molecular complexity index is 327. The van der Waals surface area contributed by atoms with Gasteiger partial charge >= 0.3 is 0 Å². The van der Waals surface area contributed by atoms with Crippen LogP contribution in [0.4, 0.5) is 0 Å². The van der Waals surface area contributed by atoms with Crippen LogP contribution in [0.25, 0.3) is 0 Å². The maximum Gasteiger partial charge on any atom is 0.0868 e. The van der Waals surface area contributed by atoms with E-state index >= 15 is 0 Å². The fourth-order valence-corrected chi connectivity index (χ4v) is 1.96. The zero-order valence-corrected chi connectivity index (χ0v) is 11.2. The van der Waals surface area contributed by atoms with Gasteiger partial charge in [0.1, 0.15) is 0 Å². The highest BCUT2D eigenvalue weighted by molar-refractivity contribution is 5.30. The van der Waals surface area contributed by atoms with Crippen molar-refractivity contribution in [3.05, 3.63) is 35.4 Å². The number of rotatable bonds is 3. The van der Waals surface area contributed by atoms with Crippen molar-refractivity contribution in [2.24, 2.45) is 0 Å². The predicted molar refractivity (Wildman–Crippen MR) is 69.6 cm³/mol. The third kappa shape index (κ3) is 3.08. The minimum absolute atomic E-state index is 0.176. The van der Waals surface area contributed by atoms with Gasteiger partial charge < -0.3 is 5.11 Å². The lowest BCUT2D eigenvalue weighted by Gasteiger charge is -2.25. The summed E-state index contributed by atoms with van der Waals surface area (Å²) in [6.45, 7) is 10.6. The van der Waals surface area contributed by atoms with Crippen molar-refractivity contribution in [3.63, 3.8) is 0 Å². The fourth-order valence-electron chi connectivity index (χ4n) is 1.96. The first-order valence-electron chi connectivity index (χ1n) is 6.11. The second-order valence-electron chi connectivity index (χ2n) is 5.85. The van der Waals surface area contributed by atoms with Gasteiger partial charge in [0, 0.05) is 0 Å². The van der Waals surface area contributed by atoms with E-state index in [-0.39, 0.29) is 5.41 Å². The molecule has 1 aromatic carbocycles. The maximum atomic E-state index is 10.3. The van der Waals surface area contributed by atoms with E-state index in [1.54, 1.807) is 0 Å². The molecule has 0 saturated heterocycles. The van der Waals surface area contributed by atoms with E-state index in [0.29, 0.717) is 0 Å². The average Bonchev–Trinajstić information content (AvgIpc) is 2.16. The van der Waals surface area contributed by atoms with Crippen LogP contribution in [0.5, 0.6) is 0 Å². The molecule has 0 unspecified atom stereocenters. The van der Waals surface area contributed by atoms with Gasteiger partial charge in [-0.1, -0.05) is 58.4 Å². The lowest BCUT2D eigenvalue weighted by atomic mass is 9.84. The zero-order chi connectivity index (χ0) is 12.4. The van der Waals surface area contributed by atoms with Crippen LogP contribution in [-0.4, -0.2) is 5.11 Å². The van der Waals surface area contributed by atoms with Gasteiger partial charge in [0.05, 0.1) is 5.60 Å². The van der Waals surface area contributed by atoms with Gasteiger partial charge in [-0.2, -0.15) is 0 Å². The quantitative estimate of drug-likeness (QED) is 0.816. The lowest BCUT2D eigenvalue weighted by molar-refractivity contribution is 0.0469. The number of benzene rings is 1. The lowest BCUT2D eigenvalue weighted by Crippen LogP contribution is -2.21. The smallest absolute Gasteiger partial charge is 0.0868 e. The van der Waals surface area contributed by atoms with Crippen LogP contribution in [0.15, 0.2) is 24.3 Å². The first-order valence-corrected chi connectivity index (χ1v) is 6.11. The monoisotopic (exact) mass is 220 g/mol. The molecule has 0 amide bonds. The third-order valence-corrected chi connectivity index (χ3v) is 3.11. The summed E-state index contributed by atoms with van der Waals surface area (Å²) in [6, 6.07) is 8.35. The van der Waals surface area contributed by atoms with Crippen LogP contribution in [0.2, 0.25) is 0 Å². The Morgan fingerprint density at radius 1 is 0.938 bits per heavy atom. The molecule has 0 saturated carbocycles. The zero-order valence-electron chi connectivity index (χ0n) is 11.2. The minimum Gasteiger partial charge on any atom is -0.385 e. The molecule has 1 heteroatoms. The highest BCUT2D eigenvalue weighted by atomic mass is 16.3. The number of hydrogen-bond acceptors (Lipinski definition) is 1. The first-order chi connectivity index (χ1) is 7.27. The van der Waals surface area contributed by atoms with Crippen molar-refractivity contribution in [2.75, 3.05) is 0 Å². The van der Waals surface area contributed by atoms with E-state index in [2.05, 4.69) is 52.0 Å². The Balaban J connectivity index is 2.95. The Morgan fingerprint density at radius 2 is 1.38 bits per heavy atom. The van der Waals surface area contributed by atoms with Crippen LogP contribution >= 0.6 is 0 Å². The molecule has 0 bridgehead atoms. The summed E-state index contributed by atoms with van der Waals surface area (Å²) >= 11 is 0. The van der Waals surface area contributed by atoms with E-state index in [1.165, 1.54) is 5.56 Å². The van der Waals surface area contributed by atoms with Gasteiger partial charge in [-0.15, -0.1) is 0 Å². The minimum atomic E-state index is -0.689. The molecule has 0 spiro atoms. The summed E-state index contributed by atoms with van der Waals surface area (Å²) in [5.41, 5.74) is 1.81. The van der Waals surface area contributed by atoms with Crippen LogP contribution in [-0.2, 0) is 11.0 Å². The summed E-state index contributed by atoms with van der Waals surface area (Å²) in [5.74, 6) is 0. The van der Waals surface area contributed by atoms with E-state index in [1.807, 2.05) is 6.92 Å². The van der Waals surface area contributed by atoms with Crippen molar-refractivity contribution >= 4 is 0 Å². The van der Waals surface area contributed by atoms with E-state index in [4.69, 9.17) is 0 Å². The molecule has 1 N–H and O–H groups in total. The molecule has 90 valence electrons. The standard InChI is InChI=1S/C15H24O/c1-6-11-15(5,16)13-9-7-12(8-10-13)14(2,3)4/h7-10,16H,6,11H2,1-5H3/t15-/m1/s1. The van der Waals surface area contributed by atoms with Gasteiger partial charge in [0.2, 0.25) is 0 Å². The molecule has 1 aromatic rings. The molecule has 0 heterocycles. The average molecular weight is 220 g/mol. The predicted octanol–water partition coefficient (Wildman–Crippen LogP) is 3.99. The van der Waals surface area contributed by atoms with Crippen LogP contribution in [0.1, 0.15) is 58.6 Å². The molecule has 1 rings (SSSR count). The van der Waals surface area contributed by atoms with Crippen molar-refractivity contribution in [1.82, 2.24) is 0 Å². The molecule has 0 aliphatic heterocycles. The van der Waals surface area contributed by atoms with Gasteiger partial charge in [0.15, 0.2) is 0 Å². The third-order valence-electron chi connectivity index (χ3n) is 3.11. The highest BCUT2D eigenvalue weighted by Gasteiger charge is 2.22. The number of aliphatic hydroxyl groups is 1. The maximum absolute atomic E-state index is 10.3. The fraction of sp³-hybridized carbons (Fsp3) is 0.600. The topological polar surface area (TPSA) is 20.2 Å². The van der Waals surface area contributed by atoms with E-state index in [9.17, 15) is 5.11 Å². The Labute approximate surface area is 99.5 Å². The van der Waals surface area contributed by atoms with Crippen molar-refractivity contribution in [2.45, 2.75) is 58.5 Å². The van der Waals surface area contributed by atoms with Gasteiger partial charge in [-0.3, -0.25) is 0 Å². The molecular formula is C15H24O. The summed E-state index contributed by atoms with van der Waals surface area (Å²) < 4.78 is 0.